The molecule has 2 N–H and O–H groups in total. The van der Waals surface area contributed by atoms with E-state index in [1.54, 1.807) is 12.1 Å². The van der Waals surface area contributed by atoms with Crippen molar-refractivity contribution in [2.24, 2.45) is 23.0 Å². The standard InChI is InChI=1S/C20H17ClN4/c1-12-5-6-15-16(7-12)18(13-3-2-4-14(21)8-13)20(10-23,11-24)19(25)17(15)9-22/h2-4,6,8,12,16,18H,5,7,25H2,1H3/t12-,16-,18+/m1/s1. The maximum Gasteiger partial charge on any atom is 0.191 e. The van der Waals surface area contributed by atoms with E-state index in [1.807, 2.05) is 18.2 Å². The normalized spacial score (nSPS) is 27.3. The number of nitrogens with zero attached hydrogens (tertiary/aromatic N) is 3. The first-order valence-corrected chi connectivity index (χ1v) is 8.55. The minimum atomic E-state index is -1.57. The minimum absolute atomic E-state index is 0.0574. The lowest BCUT2D eigenvalue weighted by molar-refractivity contribution is 0.284. The molecule has 1 aromatic carbocycles. The highest BCUT2D eigenvalue weighted by molar-refractivity contribution is 6.30. The number of allylic oxidation sites excluding steroid dienone is 4. The van der Waals surface area contributed by atoms with Crippen molar-refractivity contribution < 1.29 is 0 Å². The van der Waals surface area contributed by atoms with Crippen LogP contribution >= 0.6 is 11.6 Å². The molecule has 0 saturated heterocycles. The molecule has 0 radical (unpaired) electrons. The molecule has 0 saturated carbocycles. The van der Waals surface area contributed by atoms with E-state index in [2.05, 4.69) is 25.1 Å². The molecule has 25 heavy (non-hydrogen) atoms. The molecule has 0 heterocycles. The predicted octanol–water partition coefficient (Wildman–Crippen LogP) is 4.18. The van der Waals surface area contributed by atoms with E-state index in [4.69, 9.17) is 17.3 Å². The number of benzene rings is 1. The van der Waals surface area contributed by atoms with Crippen molar-refractivity contribution in [2.75, 3.05) is 0 Å². The zero-order valence-electron chi connectivity index (χ0n) is 13.8. The molecular formula is C20H17ClN4. The smallest absolute Gasteiger partial charge is 0.191 e. The lowest BCUT2D eigenvalue weighted by Gasteiger charge is -2.44. The molecule has 124 valence electrons. The van der Waals surface area contributed by atoms with Crippen LogP contribution in [0.2, 0.25) is 5.02 Å². The number of nitriles is 3. The number of halogens is 1. The minimum Gasteiger partial charge on any atom is -0.399 e. The second kappa shape index (κ2) is 6.29. The number of hydrogen-bond donors (Lipinski definition) is 1. The van der Waals surface area contributed by atoms with Gasteiger partial charge in [0.1, 0.15) is 6.07 Å². The van der Waals surface area contributed by atoms with Gasteiger partial charge in [-0.3, -0.25) is 0 Å². The second-order valence-corrected chi connectivity index (χ2v) is 7.24. The fourth-order valence-corrected chi connectivity index (χ4v) is 4.35. The molecule has 1 aromatic rings. The first-order chi connectivity index (χ1) is 12.0. The Labute approximate surface area is 152 Å². The summed E-state index contributed by atoms with van der Waals surface area (Å²) in [6.07, 6.45) is 3.70. The predicted molar refractivity (Wildman–Crippen MR) is 94.6 cm³/mol. The Bertz CT molecular complexity index is 893. The van der Waals surface area contributed by atoms with E-state index >= 15 is 0 Å². The molecule has 0 unspecified atom stereocenters. The first kappa shape index (κ1) is 17.1. The molecular weight excluding hydrogens is 332 g/mol. The van der Waals surface area contributed by atoms with Crippen LogP contribution in [0.3, 0.4) is 0 Å². The van der Waals surface area contributed by atoms with Gasteiger partial charge in [-0.2, -0.15) is 15.8 Å². The van der Waals surface area contributed by atoms with Crippen LogP contribution in [0.4, 0.5) is 0 Å². The van der Waals surface area contributed by atoms with Crippen LogP contribution in [-0.4, -0.2) is 0 Å². The molecule has 0 aliphatic heterocycles. The number of hydrogen-bond acceptors (Lipinski definition) is 4. The summed E-state index contributed by atoms with van der Waals surface area (Å²) in [6.45, 7) is 2.14. The molecule has 3 atom stereocenters. The Hall–Kier alpha value is -2.74. The van der Waals surface area contributed by atoms with E-state index < -0.39 is 11.3 Å². The topological polar surface area (TPSA) is 97.4 Å². The molecule has 4 nitrogen and oxygen atoms in total. The molecule has 3 rings (SSSR count). The molecule has 0 aromatic heterocycles. The van der Waals surface area contributed by atoms with E-state index in [1.165, 1.54) is 0 Å². The Morgan fingerprint density at radius 2 is 1.96 bits per heavy atom. The SMILES string of the molecule is C[C@@H]1CC=C2C(C#N)=C(N)C(C#N)(C#N)[C@@H](c3cccc(Cl)c3)[C@@H]2C1. The first-order valence-electron chi connectivity index (χ1n) is 8.17. The highest BCUT2D eigenvalue weighted by atomic mass is 35.5. The fraction of sp³-hybridized carbons (Fsp3) is 0.350. The van der Waals surface area contributed by atoms with Gasteiger partial charge >= 0.3 is 0 Å². The molecule has 2 aliphatic carbocycles. The summed E-state index contributed by atoms with van der Waals surface area (Å²) in [5.41, 5.74) is 6.68. The van der Waals surface area contributed by atoms with Crippen LogP contribution in [0.15, 0.2) is 47.2 Å². The van der Waals surface area contributed by atoms with Crippen LogP contribution in [0.1, 0.15) is 31.2 Å². The summed E-state index contributed by atoms with van der Waals surface area (Å²) in [4.78, 5) is 0. The van der Waals surface area contributed by atoms with Crippen molar-refractivity contribution in [3.63, 3.8) is 0 Å². The van der Waals surface area contributed by atoms with Crippen LogP contribution in [0, 0.1) is 51.2 Å². The lowest BCUT2D eigenvalue weighted by atomic mass is 9.56. The summed E-state index contributed by atoms with van der Waals surface area (Å²) in [5, 5.41) is 30.0. The largest absolute Gasteiger partial charge is 0.399 e. The van der Waals surface area contributed by atoms with Gasteiger partial charge in [0.25, 0.3) is 0 Å². The molecule has 2 aliphatic rings. The molecule has 0 spiro atoms. The summed E-state index contributed by atoms with van der Waals surface area (Å²) in [6, 6.07) is 13.6. The Morgan fingerprint density at radius 3 is 2.56 bits per heavy atom. The molecule has 5 heteroatoms. The highest BCUT2D eigenvalue weighted by Gasteiger charge is 2.54. The quantitative estimate of drug-likeness (QED) is 0.823. The molecule has 0 amide bonds. The second-order valence-electron chi connectivity index (χ2n) is 6.81. The Kier molecular flexibility index (Phi) is 4.30. The Morgan fingerprint density at radius 1 is 1.24 bits per heavy atom. The van der Waals surface area contributed by atoms with Crippen molar-refractivity contribution in [1.82, 2.24) is 0 Å². The third kappa shape index (κ3) is 2.49. The van der Waals surface area contributed by atoms with Gasteiger partial charge in [-0.05, 0) is 47.9 Å². The zero-order chi connectivity index (χ0) is 18.2. The fourth-order valence-electron chi connectivity index (χ4n) is 4.15. The van der Waals surface area contributed by atoms with Crippen molar-refractivity contribution in [2.45, 2.75) is 25.7 Å². The van der Waals surface area contributed by atoms with Crippen molar-refractivity contribution in [3.8, 4) is 18.2 Å². The third-order valence-electron chi connectivity index (χ3n) is 5.32. The van der Waals surface area contributed by atoms with E-state index in [-0.39, 0.29) is 11.6 Å². The van der Waals surface area contributed by atoms with Gasteiger partial charge in [-0.25, -0.2) is 0 Å². The van der Waals surface area contributed by atoms with Gasteiger partial charge in [0.2, 0.25) is 0 Å². The number of rotatable bonds is 1. The van der Waals surface area contributed by atoms with Crippen LogP contribution in [0.25, 0.3) is 0 Å². The van der Waals surface area contributed by atoms with Gasteiger partial charge < -0.3 is 5.73 Å². The van der Waals surface area contributed by atoms with Crippen LogP contribution in [0.5, 0.6) is 0 Å². The van der Waals surface area contributed by atoms with Gasteiger partial charge in [-0.1, -0.05) is 36.7 Å². The average Bonchev–Trinajstić information content (AvgIpc) is 2.61. The zero-order valence-corrected chi connectivity index (χ0v) is 14.6. The molecule has 0 fully saturated rings. The van der Waals surface area contributed by atoms with Crippen molar-refractivity contribution in [3.05, 3.63) is 57.8 Å². The van der Waals surface area contributed by atoms with Gasteiger partial charge in [0.15, 0.2) is 5.41 Å². The third-order valence-corrected chi connectivity index (χ3v) is 5.56. The lowest BCUT2D eigenvalue weighted by Crippen LogP contribution is -2.43. The summed E-state index contributed by atoms with van der Waals surface area (Å²) >= 11 is 6.16. The highest BCUT2D eigenvalue weighted by Crippen LogP contribution is 2.56. The van der Waals surface area contributed by atoms with Gasteiger partial charge in [0, 0.05) is 10.9 Å². The monoisotopic (exact) mass is 348 g/mol. The van der Waals surface area contributed by atoms with Crippen molar-refractivity contribution in [1.29, 1.82) is 15.8 Å². The van der Waals surface area contributed by atoms with E-state index in [0.29, 0.717) is 16.5 Å². The van der Waals surface area contributed by atoms with Gasteiger partial charge in [0.05, 0.1) is 23.4 Å². The van der Waals surface area contributed by atoms with E-state index in [0.717, 1.165) is 24.0 Å². The maximum absolute atomic E-state index is 9.93. The molecule has 0 bridgehead atoms. The summed E-state index contributed by atoms with van der Waals surface area (Å²) < 4.78 is 0. The van der Waals surface area contributed by atoms with Crippen molar-refractivity contribution >= 4 is 11.6 Å². The van der Waals surface area contributed by atoms with Crippen LogP contribution in [-0.2, 0) is 0 Å². The van der Waals surface area contributed by atoms with E-state index in [9.17, 15) is 15.8 Å². The average molecular weight is 349 g/mol. The maximum atomic E-state index is 9.93. The summed E-state index contributed by atoms with van der Waals surface area (Å²) in [5.74, 6) is -0.152. The van der Waals surface area contributed by atoms with Gasteiger partial charge in [-0.15, -0.1) is 0 Å². The Balaban J connectivity index is 2.34. The number of nitrogens with two attached hydrogens (primary N) is 1. The van der Waals surface area contributed by atoms with Crippen LogP contribution < -0.4 is 5.73 Å². The number of fused-ring (bicyclic) bond motifs is 1. The summed E-state index contributed by atoms with van der Waals surface area (Å²) in [7, 11) is 0.